The van der Waals surface area contributed by atoms with Gasteiger partial charge in [0.15, 0.2) is 0 Å². The van der Waals surface area contributed by atoms with E-state index in [1.807, 2.05) is 6.07 Å². The molecule has 2 nitrogen and oxygen atoms in total. The van der Waals surface area contributed by atoms with Crippen LogP contribution in [-0.4, -0.2) is 24.0 Å². The molecule has 0 radical (unpaired) electrons. The van der Waals surface area contributed by atoms with Crippen LogP contribution in [-0.2, 0) is 0 Å². The zero-order valence-corrected chi connectivity index (χ0v) is 12.7. The third-order valence-electron chi connectivity index (χ3n) is 4.69. The van der Waals surface area contributed by atoms with E-state index < -0.39 is 0 Å². The van der Waals surface area contributed by atoms with Crippen molar-refractivity contribution in [3.63, 3.8) is 0 Å². The number of nitrogens with zero attached hydrogens (tertiary/aromatic N) is 1. The van der Waals surface area contributed by atoms with Gasteiger partial charge in [0, 0.05) is 12.1 Å². The van der Waals surface area contributed by atoms with E-state index in [0.717, 1.165) is 31.0 Å². The van der Waals surface area contributed by atoms with Gasteiger partial charge in [0.05, 0.1) is 0 Å². The molecule has 0 spiro atoms. The van der Waals surface area contributed by atoms with Crippen LogP contribution >= 0.6 is 0 Å². The molecule has 1 heterocycles. The van der Waals surface area contributed by atoms with Crippen molar-refractivity contribution >= 4 is 0 Å². The number of likely N-dealkylation sites (tertiary alicyclic amines) is 1. The highest BCUT2D eigenvalue weighted by atomic mass is 19.1. The third kappa shape index (κ3) is 3.58. The second-order valence-electron chi connectivity index (χ2n) is 5.96. The van der Waals surface area contributed by atoms with Crippen molar-refractivity contribution < 1.29 is 4.39 Å². The minimum absolute atomic E-state index is 0.0648. The maximum Gasteiger partial charge on any atom is 0.123 e. The van der Waals surface area contributed by atoms with Crippen LogP contribution < -0.4 is 5.73 Å². The summed E-state index contributed by atoms with van der Waals surface area (Å²) in [6, 6.07) is 7.16. The van der Waals surface area contributed by atoms with Crippen LogP contribution in [0.4, 0.5) is 4.39 Å². The van der Waals surface area contributed by atoms with Crippen LogP contribution in [0.3, 0.4) is 0 Å². The van der Waals surface area contributed by atoms with Crippen molar-refractivity contribution in [1.82, 2.24) is 4.90 Å². The van der Waals surface area contributed by atoms with Gasteiger partial charge >= 0.3 is 0 Å². The first-order valence-electron chi connectivity index (χ1n) is 7.90. The summed E-state index contributed by atoms with van der Waals surface area (Å²) in [4.78, 5) is 2.45. The highest BCUT2D eigenvalue weighted by molar-refractivity contribution is 5.22. The van der Waals surface area contributed by atoms with E-state index in [1.165, 1.54) is 25.3 Å². The van der Waals surface area contributed by atoms with Crippen molar-refractivity contribution in [2.45, 2.75) is 51.6 Å². The Morgan fingerprint density at radius 1 is 1.30 bits per heavy atom. The van der Waals surface area contributed by atoms with E-state index in [1.54, 1.807) is 12.1 Å². The minimum Gasteiger partial charge on any atom is -0.326 e. The molecule has 1 aliphatic heterocycles. The predicted molar refractivity (Wildman–Crippen MR) is 82.0 cm³/mol. The van der Waals surface area contributed by atoms with E-state index in [2.05, 4.69) is 18.7 Å². The Bertz CT molecular complexity index is 413. The highest BCUT2D eigenvalue weighted by Crippen LogP contribution is 2.31. The maximum absolute atomic E-state index is 13.5. The second-order valence-corrected chi connectivity index (χ2v) is 5.96. The topological polar surface area (TPSA) is 29.3 Å². The Morgan fingerprint density at radius 2 is 2.00 bits per heavy atom. The van der Waals surface area contributed by atoms with E-state index in [4.69, 9.17) is 5.73 Å². The molecule has 0 bridgehead atoms. The zero-order valence-electron chi connectivity index (χ0n) is 12.7. The molecule has 2 N–H and O–H groups in total. The number of halogens is 1. The van der Waals surface area contributed by atoms with Gasteiger partial charge in [-0.05, 0) is 56.0 Å². The SMILES string of the molecule is CCC1CCN(C(c2cccc(F)c2)C(N)CC)CC1. The minimum atomic E-state index is -0.167. The van der Waals surface area contributed by atoms with Crippen molar-refractivity contribution in [1.29, 1.82) is 0 Å². The van der Waals surface area contributed by atoms with Crippen LogP contribution in [0.1, 0.15) is 51.1 Å². The summed E-state index contributed by atoms with van der Waals surface area (Å²) in [5.74, 6) is 0.677. The van der Waals surface area contributed by atoms with Gasteiger partial charge in [-0.25, -0.2) is 4.39 Å². The molecule has 1 aromatic carbocycles. The largest absolute Gasteiger partial charge is 0.326 e. The average molecular weight is 278 g/mol. The first-order valence-corrected chi connectivity index (χ1v) is 7.90. The predicted octanol–water partition coefficient (Wildman–Crippen LogP) is 3.73. The summed E-state index contributed by atoms with van der Waals surface area (Å²) in [5, 5.41) is 0. The molecule has 112 valence electrons. The van der Waals surface area contributed by atoms with Crippen LogP contribution in [0.25, 0.3) is 0 Å². The van der Waals surface area contributed by atoms with Crippen molar-refractivity contribution in [2.24, 2.45) is 11.7 Å². The van der Waals surface area contributed by atoms with E-state index in [9.17, 15) is 4.39 Å². The molecule has 0 amide bonds. The van der Waals surface area contributed by atoms with Gasteiger partial charge in [-0.2, -0.15) is 0 Å². The molecular formula is C17H27FN2. The highest BCUT2D eigenvalue weighted by Gasteiger charge is 2.29. The normalized spacial score (nSPS) is 20.8. The number of benzene rings is 1. The van der Waals surface area contributed by atoms with Crippen molar-refractivity contribution in [3.05, 3.63) is 35.6 Å². The number of nitrogens with two attached hydrogens (primary N) is 1. The number of rotatable bonds is 5. The average Bonchev–Trinajstić information content (AvgIpc) is 2.48. The quantitative estimate of drug-likeness (QED) is 0.889. The fraction of sp³-hybridized carbons (Fsp3) is 0.647. The Hall–Kier alpha value is -0.930. The summed E-state index contributed by atoms with van der Waals surface area (Å²) >= 11 is 0. The van der Waals surface area contributed by atoms with Gasteiger partial charge in [-0.3, -0.25) is 4.90 Å². The lowest BCUT2D eigenvalue weighted by Gasteiger charge is -2.40. The van der Waals surface area contributed by atoms with Crippen LogP contribution in [0.2, 0.25) is 0 Å². The zero-order chi connectivity index (χ0) is 14.5. The first kappa shape index (κ1) is 15.5. The molecule has 2 unspecified atom stereocenters. The molecule has 2 rings (SSSR count). The fourth-order valence-corrected chi connectivity index (χ4v) is 3.28. The molecule has 20 heavy (non-hydrogen) atoms. The fourth-order valence-electron chi connectivity index (χ4n) is 3.28. The molecule has 2 atom stereocenters. The van der Waals surface area contributed by atoms with Gasteiger partial charge in [0.1, 0.15) is 5.82 Å². The van der Waals surface area contributed by atoms with Gasteiger partial charge in [0.25, 0.3) is 0 Å². The molecule has 0 aliphatic carbocycles. The summed E-state index contributed by atoms with van der Waals surface area (Å²) in [5.41, 5.74) is 7.36. The molecule has 1 aliphatic rings. The van der Waals surface area contributed by atoms with E-state index in [-0.39, 0.29) is 17.9 Å². The Balaban J connectivity index is 2.16. The summed E-state index contributed by atoms with van der Waals surface area (Å²) in [6.45, 7) is 6.53. The number of hydrogen-bond donors (Lipinski definition) is 1. The molecule has 1 fully saturated rings. The third-order valence-corrected chi connectivity index (χ3v) is 4.69. The van der Waals surface area contributed by atoms with Crippen LogP contribution in [0.5, 0.6) is 0 Å². The standard InChI is InChI=1S/C17H27FN2/c1-3-13-8-10-20(11-9-13)17(16(19)4-2)14-6-5-7-15(18)12-14/h5-7,12-13,16-17H,3-4,8-11,19H2,1-2H3. The van der Waals surface area contributed by atoms with Gasteiger partial charge in [-0.15, -0.1) is 0 Å². The lowest BCUT2D eigenvalue weighted by atomic mass is 9.90. The molecule has 1 aromatic rings. The van der Waals surface area contributed by atoms with Crippen LogP contribution in [0, 0.1) is 11.7 Å². The second kappa shape index (κ2) is 7.19. The van der Waals surface area contributed by atoms with Crippen LogP contribution in [0.15, 0.2) is 24.3 Å². The first-order chi connectivity index (χ1) is 9.65. The Kier molecular flexibility index (Phi) is 5.55. The molecule has 0 saturated carbocycles. The van der Waals surface area contributed by atoms with Gasteiger partial charge in [-0.1, -0.05) is 32.4 Å². The van der Waals surface area contributed by atoms with Gasteiger partial charge in [0.2, 0.25) is 0 Å². The van der Waals surface area contributed by atoms with Crippen molar-refractivity contribution in [3.8, 4) is 0 Å². The molecule has 1 saturated heterocycles. The smallest absolute Gasteiger partial charge is 0.123 e. The van der Waals surface area contributed by atoms with E-state index in [0.29, 0.717) is 0 Å². The monoisotopic (exact) mass is 278 g/mol. The molecular weight excluding hydrogens is 251 g/mol. The molecule has 0 aromatic heterocycles. The molecule has 3 heteroatoms. The summed E-state index contributed by atoms with van der Waals surface area (Å²) < 4.78 is 13.5. The number of hydrogen-bond acceptors (Lipinski definition) is 2. The lowest BCUT2D eigenvalue weighted by molar-refractivity contribution is 0.113. The Labute approximate surface area is 122 Å². The van der Waals surface area contributed by atoms with E-state index >= 15 is 0 Å². The lowest BCUT2D eigenvalue weighted by Crippen LogP contribution is -2.44. The van der Waals surface area contributed by atoms with Crippen molar-refractivity contribution in [2.75, 3.05) is 13.1 Å². The van der Waals surface area contributed by atoms with Gasteiger partial charge < -0.3 is 5.73 Å². The summed E-state index contributed by atoms with van der Waals surface area (Å²) in [6.07, 6.45) is 4.64. The maximum atomic E-state index is 13.5. The summed E-state index contributed by atoms with van der Waals surface area (Å²) in [7, 11) is 0. The number of piperidine rings is 1. The Morgan fingerprint density at radius 3 is 2.55 bits per heavy atom.